The summed E-state index contributed by atoms with van der Waals surface area (Å²) < 4.78 is 5.35. The quantitative estimate of drug-likeness (QED) is 0.769. The Labute approximate surface area is 123 Å². The average Bonchev–Trinajstić information content (AvgIpc) is 3.14. The standard InChI is InChI=1S/C17H17N3O/c1-21-12-7-5-11-6-8-16(13(11)9-12)19-15-3-2-4-17-14(15)10-18-20-17/h2-5,7,9-10,16,19H,6,8H2,1H3,(H,18,20). The molecule has 4 rings (SSSR count). The number of aromatic amines is 1. The van der Waals surface area contributed by atoms with Crippen molar-refractivity contribution in [1.29, 1.82) is 0 Å². The Morgan fingerprint density at radius 2 is 2.24 bits per heavy atom. The molecule has 1 aromatic heterocycles. The van der Waals surface area contributed by atoms with Crippen LogP contribution in [0.2, 0.25) is 0 Å². The monoisotopic (exact) mass is 279 g/mol. The van der Waals surface area contributed by atoms with Gasteiger partial charge in [0, 0.05) is 11.1 Å². The minimum absolute atomic E-state index is 0.329. The maximum absolute atomic E-state index is 5.35. The lowest BCUT2D eigenvalue weighted by atomic mass is 10.1. The third-order valence-electron chi connectivity index (χ3n) is 4.25. The molecule has 2 N–H and O–H groups in total. The van der Waals surface area contributed by atoms with E-state index in [0.717, 1.165) is 35.2 Å². The number of hydrogen-bond acceptors (Lipinski definition) is 3. The molecule has 21 heavy (non-hydrogen) atoms. The van der Waals surface area contributed by atoms with Gasteiger partial charge in [0.1, 0.15) is 5.75 Å². The number of aryl methyl sites for hydroxylation is 1. The highest BCUT2D eigenvalue weighted by Crippen LogP contribution is 2.37. The summed E-state index contributed by atoms with van der Waals surface area (Å²) in [5.74, 6) is 0.920. The molecule has 3 aromatic rings. The first-order chi connectivity index (χ1) is 10.3. The molecule has 106 valence electrons. The van der Waals surface area contributed by atoms with Gasteiger partial charge in [-0.1, -0.05) is 12.1 Å². The van der Waals surface area contributed by atoms with Crippen molar-refractivity contribution >= 4 is 16.6 Å². The van der Waals surface area contributed by atoms with Gasteiger partial charge in [-0.2, -0.15) is 5.10 Å². The topological polar surface area (TPSA) is 49.9 Å². The Morgan fingerprint density at radius 1 is 1.29 bits per heavy atom. The van der Waals surface area contributed by atoms with Crippen molar-refractivity contribution in [3.8, 4) is 5.75 Å². The van der Waals surface area contributed by atoms with Crippen molar-refractivity contribution < 1.29 is 4.74 Å². The number of nitrogens with one attached hydrogen (secondary N) is 2. The number of methoxy groups -OCH3 is 1. The van der Waals surface area contributed by atoms with Crippen LogP contribution >= 0.6 is 0 Å². The minimum Gasteiger partial charge on any atom is -0.497 e. The molecular weight excluding hydrogens is 262 g/mol. The molecule has 0 fully saturated rings. The van der Waals surface area contributed by atoms with Gasteiger partial charge >= 0.3 is 0 Å². The summed E-state index contributed by atoms with van der Waals surface area (Å²) in [6.45, 7) is 0. The predicted molar refractivity (Wildman–Crippen MR) is 83.8 cm³/mol. The van der Waals surface area contributed by atoms with Gasteiger partial charge < -0.3 is 10.1 Å². The summed E-state index contributed by atoms with van der Waals surface area (Å²) in [4.78, 5) is 0. The van der Waals surface area contributed by atoms with E-state index in [4.69, 9.17) is 4.74 Å². The van der Waals surface area contributed by atoms with E-state index >= 15 is 0 Å². The molecule has 1 atom stereocenters. The average molecular weight is 279 g/mol. The lowest BCUT2D eigenvalue weighted by Crippen LogP contribution is -2.07. The third-order valence-corrected chi connectivity index (χ3v) is 4.25. The Bertz CT molecular complexity index is 794. The van der Waals surface area contributed by atoms with Crippen molar-refractivity contribution in [1.82, 2.24) is 10.2 Å². The summed E-state index contributed by atoms with van der Waals surface area (Å²) in [5.41, 5.74) is 4.94. The second-order valence-corrected chi connectivity index (χ2v) is 5.44. The van der Waals surface area contributed by atoms with Gasteiger partial charge in [0.15, 0.2) is 0 Å². The smallest absolute Gasteiger partial charge is 0.119 e. The van der Waals surface area contributed by atoms with Gasteiger partial charge in [-0.3, -0.25) is 5.10 Å². The van der Waals surface area contributed by atoms with Gasteiger partial charge in [0.2, 0.25) is 0 Å². The van der Waals surface area contributed by atoms with Crippen LogP contribution in [-0.2, 0) is 6.42 Å². The third kappa shape index (κ3) is 2.03. The van der Waals surface area contributed by atoms with Crippen molar-refractivity contribution in [3.05, 3.63) is 53.7 Å². The lowest BCUT2D eigenvalue weighted by molar-refractivity contribution is 0.414. The molecule has 1 heterocycles. The molecule has 0 spiro atoms. The van der Waals surface area contributed by atoms with Crippen LogP contribution in [0.5, 0.6) is 5.75 Å². The van der Waals surface area contributed by atoms with Crippen LogP contribution in [-0.4, -0.2) is 17.3 Å². The highest BCUT2D eigenvalue weighted by molar-refractivity contribution is 5.91. The summed E-state index contributed by atoms with van der Waals surface area (Å²) >= 11 is 0. The first-order valence-electron chi connectivity index (χ1n) is 7.20. The SMILES string of the molecule is COc1ccc2c(c1)C(Nc1cccc3[nH]ncc13)CC2. The van der Waals surface area contributed by atoms with Crippen molar-refractivity contribution in [2.24, 2.45) is 0 Å². The zero-order chi connectivity index (χ0) is 14.2. The van der Waals surface area contributed by atoms with E-state index in [-0.39, 0.29) is 0 Å². The van der Waals surface area contributed by atoms with E-state index in [1.807, 2.05) is 24.4 Å². The molecular formula is C17H17N3O. The van der Waals surface area contributed by atoms with Gasteiger partial charge in [-0.15, -0.1) is 0 Å². The van der Waals surface area contributed by atoms with Crippen LogP contribution in [0.4, 0.5) is 5.69 Å². The number of rotatable bonds is 3. The molecule has 0 saturated carbocycles. The second kappa shape index (κ2) is 4.81. The normalized spacial score (nSPS) is 16.9. The van der Waals surface area contributed by atoms with E-state index in [9.17, 15) is 0 Å². The number of hydrogen-bond donors (Lipinski definition) is 2. The van der Waals surface area contributed by atoms with E-state index in [1.54, 1.807) is 7.11 Å². The Balaban J connectivity index is 1.69. The summed E-state index contributed by atoms with van der Waals surface area (Å²) in [6.07, 6.45) is 4.09. The van der Waals surface area contributed by atoms with Crippen LogP contribution < -0.4 is 10.1 Å². The van der Waals surface area contributed by atoms with Crippen LogP contribution in [0.3, 0.4) is 0 Å². The molecule has 1 aliphatic rings. The first-order valence-corrected chi connectivity index (χ1v) is 7.20. The minimum atomic E-state index is 0.329. The number of nitrogens with zero attached hydrogens (tertiary/aromatic N) is 1. The number of anilines is 1. The van der Waals surface area contributed by atoms with E-state index in [1.165, 1.54) is 11.1 Å². The second-order valence-electron chi connectivity index (χ2n) is 5.44. The van der Waals surface area contributed by atoms with Crippen molar-refractivity contribution in [2.45, 2.75) is 18.9 Å². The maximum Gasteiger partial charge on any atom is 0.119 e. The molecule has 0 saturated heterocycles. The number of fused-ring (bicyclic) bond motifs is 2. The van der Waals surface area contributed by atoms with E-state index < -0.39 is 0 Å². The molecule has 0 amide bonds. The van der Waals surface area contributed by atoms with E-state index in [0.29, 0.717) is 6.04 Å². The van der Waals surface area contributed by atoms with E-state index in [2.05, 4.69) is 33.7 Å². The summed E-state index contributed by atoms with van der Waals surface area (Å²) in [7, 11) is 1.71. The lowest BCUT2D eigenvalue weighted by Gasteiger charge is -2.17. The van der Waals surface area contributed by atoms with Gasteiger partial charge in [0.25, 0.3) is 0 Å². The molecule has 2 aromatic carbocycles. The Hall–Kier alpha value is -2.49. The molecule has 1 unspecified atom stereocenters. The molecule has 0 radical (unpaired) electrons. The molecule has 4 nitrogen and oxygen atoms in total. The van der Waals surface area contributed by atoms with Crippen LogP contribution in [0.25, 0.3) is 10.9 Å². The van der Waals surface area contributed by atoms with Crippen molar-refractivity contribution in [3.63, 3.8) is 0 Å². The summed E-state index contributed by atoms with van der Waals surface area (Å²) in [6, 6.07) is 12.9. The summed E-state index contributed by atoms with van der Waals surface area (Å²) in [5, 5.41) is 11.9. The molecule has 0 aliphatic heterocycles. The number of H-pyrrole nitrogens is 1. The zero-order valence-electron chi connectivity index (χ0n) is 11.9. The number of aromatic nitrogens is 2. The molecule has 1 aliphatic carbocycles. The maximum atomic E-state index is 5.35. The van der Waals surface area contributed by atoms with Gasteiger partial charge in [-0.05, 0) is 48.2 Å². The first kappa shape index (κ1) is 12.3. The fraction of sp³-hybridized carbons (Fsp3) is 0.235. The highest BCUT2D eigenvalue weighted by Gasteiger charge is 2.23. The number of ether oxygens (including phenoxy) is 1. The zero-order valence-corrected chi connectivity index (χ0v) is 11.9. The predicted octanol–water partition coefficient (Wildman–Crippen LogP) is 3.67. The fourth-order valence-electron chi connectivity index (χ4n) is 3.14. The van der Waals surface area contributed by atoms with Gasteiger partial charge in [-0.25, -0.2) is 0 Å². The number of benzene rings is 2. The van der Waals surface area contributed by atoms with Crippen molar-refractivity contribution in [2.75, 3.05) is 12.4 Å². The fourth-order valence-corrected chi connectivity index (χ4v) is 3.14. The van der Waals surface area contributed by atoms with Crippen LogP contribution in [0.1, 0.15) is 23.6 Å². The highest BCUT2D eigenvalue weighted by atomic mass is 16.5. The largest absolute Gasteiger partial charge is 0.497 e. The Morgan fingerprint density at radius 3 is 3.14 bits per heavy atom. The molecule has 0 bridgehead atoms. The van der Waals surface area contributed by atoms with Gasteiger partial charge in [0.05, 0.1) is 24.9 Å². The Kier molecular flexibility index (Phi) is 2.81. The van der Waals surface area contributed by atoms with Crippen LogP contribution in [0.15, 0.2) is 42.6 Å². The van der Waals surface area contributed by atoms with Crippen LogP contribution in [0, 0.1) is 0 Å². The molecule has 4 heteroatoms.